The molecule has 3 nitrogen and oxygen atoms in total. The molecule has 4 saturated heterocycles. The summed E-state index contributed by atoms with van der Waals surface area (Å²) < 4.78 is 18.0. The highest BCUT2D eigenvalue weighted by atomic mass is 19.1. The van der Waals surface area contributed by atoms with E-state index in [9.17, 15) is 4.39 Å². The zero-order valence-corrected chi connectivity index (χ0v) is 14.0. The number of methoxy groups -OCH3 is 1. The first-order valence-corrected chi connectivity index (χ1v) is 9.00. The number of fused-ring (bicyclic) bond motifs is 2. The molecule has 4 aliphatic rings. The third kappa shape index (κ3) is 2.66. The number of nitrogens with zero attached hydrogens (tertiary/aromatic N) is 2. The fourth-order valence-electron chi connectivity index (χ4n) is 5.20. The van der Waals surface area contributed by atoms with Gasteiger partial charge in [-0.25, -0.2) is 0 Å². The Kier molecular flexibility index (Phi) is 4.29. The van der Waals surface area contributed by atoms with Crippen molar-refractivity contribution in [2.24, 2.45) is 5.92 Å². The number of hydrogen-bond donors (Lipinski definition) is 0. The minimum absolute atomic E-state index is 0.199. The topological polar surface area (TPSA) is 15.7 Å². The summed E-state index contributed by atoms with van der Waals surface area (Å²) in [6.45, 7) is 4.28. The first-order valence-electron chi connectivity index (χ1n) is 9.00. The van der Waals surface area contributed by atoms with Gasteiger partial charge in [-0.05, 0) is 56.0 Å². The van der Waals surface area contributed by atoms with Crippen molar-refractivity contribution in [3.8, 4) is 5.75 Å². The van der Waals surface area contributed by atoms with E-state index in [1.165, 1.54) is 31.5 Å². The van der Waals surface area contributed by atoms with Crippen molar-refractivity contribution in [1.29, 1.82) is 0 Å². The van der Waals surface area contributed by atoms with Crippen molar-refractivity contribution in [1.82, 2.24) is 9.80 Å². The number of hydrogen-bond acceptors (Lipinski definition) is 3. The Labute approximate surface area is 138 Å². The lowest BCUT2D eigenvalue weighted by Gasteiger charge is -2.51. The largest absolute Gasteiger partial charge is 0.497 e. The van der Waals surface area contributed by atoms with E-state index in [4.69, 9.17) is 4.74 Å². The van der Waals surface area contributed by atoms with Gasteiger partial charge in [-0.2, -0.15) is 0 Å². The molecular weight excluding hydrogens is 291 g/mol. The highest BCUT2D eigenvalue weighted by Crippen LogP contribution is 2.46. The number of ether oxygens (including phenoxy) is 1. The fourth-order valence-corrected chi connectivity index (χ4v) is 5.20. The molecule has 2 bridgehead atoms. The minimum atomic E-state index is -0.199. The molecule has 4 aliphatic heterocycles. The predicted octanol–water partition coefficient (Wildman–Crippen LogP) is 2.92. The average molecular weight is 318 g/mol. The van der Waals surface area contributed by atoms with Crippen LogP contribution in [-0.4, -0.2) is 61.8 Å². The second kappa shape index (κ2) is 6.40. The van der Waals surface area contributed by atoms with Crippen LogP contribution in [0, 0.1) is 5.92 Å². The van der Waals surface area contributed by atoms with E-state index < -0.39 is 0 Å². The molecule has 3 atom stereocenters. The summed E-state index contributed by atoms with van der Waals surface area (Å²) in [7, 11) is 1.71. The second-order valence-electron chi connectivity index (χ2n) is 7.27. The van der Waals surface area contributed by atoms with Crippen molar-refractivity contribution in [2.45, 2.75) is 37.3 Å². The number of halogens is 1. The van der Waals surface area contributed by atoms with E-state index in [1.54, 1.807) is 7.11 Å². The molecule has 4 fully saturated rings. The molecule has 0 amide bonds. The Morgan fingerprint density at radius 1 is 1.13 bits per heavy atom. The summed E-state index contributed by atoms with van der Waals surface area (Å²) in [6.07, 6.45) is 3.32. The van der Waals surface area contributed by atoms with Crippen LogP contribution in [0.5, 0.6) is 5.75 Å². The van der Waals surface area contributed by atoms with Gasteiger partial charge in [0.25, 0.3) is 0 Å². The quantitative estimate of drug-likeness (QED) is 0.830. The maximum Gasteiger partial charge on any atom is 0.118 e. The van der Waals surface area contributed by atoms with Crippen LogP contribution in [0.3, 0.4) is 0 Å². The van der Waals surface area contributed by atoms with Crippen LogP contribution in [0.4, 0.5) is 4.39 Å². The zero-order valence-electron chi connectivity index (χ0n) is 14.0. The van der Waals surface area contributed by atoms with E-state index in [0.717, 1.165) is 24.8 Å². The Morgan fingerprint density at radius 2 is 1.87 bits per heavy atom. The molecule has 1 aromatic carbocycles. The lowest BCUT2D eigenvalue weighted by atomic mass is 9.75. The lowest BCUT2D eigenvalue weighted by Crippen LogP contribution is -2.60. The van der Waals surface area contributed by atoms with Crippen LogP contribution in [0.15, 0.2) is 24.3 Å². The summed E-state index contributed by atoms with van der Waals surface area (Å²) in [5, 5.41) is 0. The Balaban J connectivity index is 1.61. The maximum atomic E-state index is 12.7. The Bertz CT molecular complexity index is 527. The molecule has 4 heterocycles. The molecule has 1 aromatic rings. The molecular formula is C19H27FN2O. The predicted molar refractivity (Wildman–Crippen MR) is 89.8 cm³/mol. The summed E-state index contributed by atoms with van der Waals surface area (Å²) in [5.74, 6) is 2.28. The van der Waals surface area contributed by atoms with E-state index in [-0.39, 0.29) is 6.67 Å². The molecule has 0 N–H and O–H groups in total. The average Bonchev–Trinajstić information content (AvgIpc) is 3.03. The first kappa shape index (κ1) is 15.4. The molecule has 0 radical (unpaired) electrons. The summed E-state index contributed by atoms with van der Waals surface area (Å²) in [5.41, 5.74) is 1.41. The van der Waals surface area contributed by atoms with Crippen molar-refractivity contribution in [3.63, 3.8) is 0 Å². The molecule has 23 heavy (non-hydrogen) atoms. The SMILES string of the molecule is COc1ccc([C@@H]2CN(CCCF)[C@@H]3C4CCN(CC4)[C@@H]32)cc1. The van der Waals surface area contributed by atoms with Gasteiger partial charge in [0.15, 0.2) is 0 Å². The van der Waals surface area contributed by atoms with Crippen molar-refractivity contribution < 1.29 is 9.13 Å². The summed E-state index contributed by atoms with van der Waals surface area (Å²) in [6, 6.07) is 9.85. The monoisotopic (exact) mass is 318 g/mol. The first-order chi connectivity index (χ1) is 11.3. The fraction of sp³-hybridized carbons (Fsp3) is 0.684. The Morgan fingerprint density at radius 3 is 2.52 bits per heavy atom. The third-order valence-electron chi connectivity index (χ3n) is 6.22. The molecule has 0 unspecified atom stereocenters. The number of piperidine rings is 3. The van der Waals surface area contributed by atoms with Crippen LogP contribution >= 0.6 is 0 Å². The highest BCUT2D eigenvalue weighted by Gasteiger charge is 2.52. The van der Waals surface area contributed by atoms with Gasteiger partial charge in [-0.1, -0.05) is 12.1 Å². The van der Waals surface area contributed by atoms with Gasteiger partial charge in [0.1, 0.15) is 5.75 Å². The maximum absolute atomic E-state index is 12.7. The van der Waals surface area contributed by atoms with Gasteiger partial charge in [-0.3, -0.25) is 14.2 Å². The van der Waals surface area contributed by atoms with Crippen LogP contribution in [0.25, 0.3) is 0 Å². The van der Waals surface area contributed by atoms with Gasteiger partial charge in [0.2, 0.25) is 0 Å². The number of rotatable bonds is 5. The van der Waals surface area contributed by atoms with Crippen LogP contribution in [0.1, 0.15) is 30.7 Å². The summed E-state index contributed by atoms with van der Waals surface area (Å²) in [4.78, 5) is 5.30. The van der Waals surface area contributed by atoms with Gasteiger partial charge < -0.3 is 4.74 Å². The standard InChI is InChI=1S/C19H27FN2O/c1-23-16-5-3-14(4-6-16)17-13-22(10-2-9-20)18-15-7-11-21(12-8-15)19(17)18/h3-6,15,17-19H,2,7-13H2,1H3/t17-,18+,19+/m0/s1. The van der Waals surface area contributed by atoms with E-state index in [2.05, 4.69) is 34.1 Å². The molecule has 126 valence electrons. The van der Waals surface area contributed by atoms with Crippen LogP contribution in [-0.2, 0) is 0 Å². The van der Waals surface area contributed by atoms with Crippen LogP contribution < -0.4 is 4.74 Å². The second-order valence-corrected chi connectivity index (χ2v) is 7.27. The molecule has 0 aliphatic carbocycles. The Hall–Kier alpha value is -1.13. The smallest absolute Gasteiger partial charge is 0.118 e. The van der Waals surface area contributed by atoms with E-state index in [0.29, 0.717) is 24.4 Å². The van der Waals surface area contributed by atoms with Gasteiger partial charge in [-0.15, -0.1) is 0 Å². The van der Waals surface area contributed by atoms with Gasteiger partial charge >= 0.3 is 0 Å². The molecule has 0 aromatic heterocycles. The molecule has 0 spiro atoms. The third-order valence-corrected chi connectivity index (χ3v) is 6.22. The van der Waals surface area contributed by atoms with Crippen molar-refractivity contribution in [2.75, 3.05) is 40.0 Å². The number of alkyl halides is 1. The van der Waals surface area contributed by atoms with E-state index >= 15 is 0 Å². The molecule has 5 rings (SSSR count). The number of benzene rings is 1. The van der Waals surface area contributed by atoms with Crippen molar-refractivity contribution in [3.05, 3.63) is 29.8 Å². The lowest BCUT2D eigenvalue weighted by molar-refractivity contribution is -0.00702. The van der Waals surface area contributed by atoms with E-state index in [1.807, 2.05) is 0 Å². The number of likely N-dealkylation sites (tertiary alicyclic amines) is 1. The molecule has 0 saturated carbocycles. The summed E-state index contributed by atoms with van der Waals surface area (Å²) >= 11 is 0. The molecule has 4 heteroatoms. The minimum Gasteiger partial charge on any atom is -0.497 e. The van der Waals surface area contributed by atoms with Gasteiger partial charge in [0, 0.05) is 31.1 Å². The van der Waals surface area contributed by atoms with Crippen molar-refractivity contribution >= 4 is 0 Å². The van der Waals surface area contributed by atoms with Gasteiger partial charge in [0.05, 0.1) is 13.8 Å². The zero-order chi connectivity index (χ0) is 15.8. The highest BCUT2D eigenvalue weighted by molar-refractivity contribution is 5.32. The van der Waals surface area contributed by atoms with Crippen LogP contribution in [0.2, 0.25) is 0 Å². The normalized spacial score (nSPS) is 36.2.